The summed E-state index contributed by atoms with van der Waals surface area (Å²) >= 11 is 0. The second-order valence-electron chi connectivity index (χ2n) is 7.00. The third-order valence-corrected chi connectivity index (χ3v) is 7.04. The highest BCUT2D eigenvalue weighted by Crippen LogP contribution is 2.38. The Morgan fingerprint density at radius 3 is 2.80 bits per heavy atom. The van der Waals surface area contributed by atoms with Gasteiger partial charge in [0.25, 0.3) is 0 Å². The highest BCUT2D eigenvalue weighted by Gasteiger charge is 2.37. The van der Waals surface area contributed by atoms with Crippen LogP contribution in [0.2, 0.25) is 0 Å². The van der Waals surface area contributed by atoms with E-state index in [0.717, 1.165) is 25.7 Å². The fraction of sp³-hybridized carbons (Fsp3) is 0.800. The van der Waals surface area contributed by atoms with Crippen LogP contribution in [0.5, 0.6) is 0 Å². The van der Waals surface area contributed by atoms with Crippen LogP contribution in [0.3, 0.4) is 0 Å². The first-order chi connectivity index (χ1) is 12.0. The van der Waals surface area contributed by atoms with E-state index in [-0.39, 0.29) is 24.4 Å². The number of hydrogen-bond donors (Lipinski definition) is 1. The van der Waals surface area contributed by atoms with Crippen molar-refractivity contribution in [2.45, 2.75) is 50.6 Å². The standard InChI is InChI=1S/C15H23N5O4S/c21-15(16-9-13-17-14(24-18-13)11-4-5-11)19-6-1-3-12(10-19)20-7-2-8-25(20,22)23/h11-12H,1-10H2,(H,16,21). The van der Waals surface area contributed by atoms with E-state index in [0.29, 0.717) is 43.7 Å². The number of sulfonamides is 1. The van der Waals surface area contributed by atoms with Crippen LogP contribution in [-0.2, 0) is 16.6 Å². The van der Waals surface area contributed by atoms with Gasteiger partial charge in [0.1, 0.15) is 0 Å². The van der Waals surface area contributed by atoms with Crippen LogP contribution < -0.4 is 5.32 Å². The average molecular weight is 369 g/mol. The number of amides is 2. The fourth-order valence-corrected chi connectivity index (χ4v) is 5.31. The Balaban J connectivity index is 1.31. The predicted molar refractivity (Wildman–Crippen MR) is 88.2 cm³/mol. The molecule has 10 heteroatoms. The lowest BCUT2D eigenvalue weighted by molar-refractivity contribution is 0.152. The molecular formula is C15H23N5O4S. The molecule has 0 aromatic carbocycles. The van der Waals surface area contributed by atoms with E-state index in [1.807, 2.05) is 0 Å². The van der Waals surface area contributed by atoms with Crippen LogP contribution in [0.4, 0.5) is 4.79 Å². The van der Waals surface area contributed by atoms with Crippen molar-refractivity contribution in [2.24, 2.45) is 0 Å². The number of nitrogens with zero attached hydrogens (tertiary/aromatic N) is 4. The zero-order chi connectivity index (χ0) is 17.4. The number of aromatic nitrogens is 2. The van der Waals surface area contributed by atoms with E-state index in [1.54, 1.807) is 9.21 Å². The molecule has 1 aromatic rings. The Hall–Kier alpha value is -1.68. The van der Waals surface area contributed by atoms with Gasteiger partial charge in [0, 0.05) is 31.6 Å². The minimum atomic E-state index is -3.15. The molecule has 3 aliphatic rings. The Labute approximate surface area is 146 Å². The molecule has 0 spiro atoms. The molecule has 1 saturated carbocycles. The van der Waals surface area contributed by atoms with Crippen molar-refractivity contribution in [1.29, 1.82) is 0 Å². The third-order valence-electron chi connectivity index (χ3n) is 5.04. The second-order valence-corrected chi connectivity index (χ2v) is 9.05. The number of rotatable bonds is 4. The number of piperidine rings is 1. The number of nitrogens with one attached hydrogen (secondary N) is 1. The summed E-state index contributed by atoms with van der Waals surface area (Å²) in [6.45, 7) is 1.86. The highest BCUT2D eigenvalue weighted by atomic mass is 32.2. The minimum Gasteiger partial charge on any atom is -0.339 e. The van der Waals surface area contributed by atoms with Gasteiger partial charge >= 0.3 is 6.03 Å². The largest absolute Gasteiger partial charge is 0.339 e. The number of carbonyl (C=O) groups excluding carboxylic acids is 1. The van der Waals surface area contributed by atoms with Crippen molar-refractivity contribution in [1.82, 2.24) is 24.7 Å². The van der Waals surface area contributed by atoms with Crippen LogP contribution in [0.1, 0.15) is 49.7 Å². The quantitative estimate of drug-likeness (QED) is 0.835. The summed E-state index contributed by atoms with van der Waals surface area (Å²) in [6, 6.07) is -0.322. The molecule has 3 heterocycles. The van der Waals surface area contributed by atoms with E-state index in [9.17, 15) is 13.2 Å². The summed E-state index contributed by atoms with van der Waals surface area (Å²) in [5.74, 6) is 1.74. The Bertz CT molecular complexity index is 745. The van der Waals surface area contributed by atoms with Gasteiger partial charge in [-0.3, -0.25) is 0 Å². The van der Waals surface area contributed by atoms with Gasteiger partial charge < -0.3 is 14.7 Å². The van der Waals surface area contributed by atoms with Gasteiger partial charge in [0.2, 0.25) is 15.9 Å². The van der Waals surface area contributed by atoms with Crippen molar-refractivity contribution in [3.8, 4) is 0 Å². The van der Waals surface area contributed by atoms with Crippen molar-refractivity contribution >= 4 is 16.1 Å². The molecular weight excluding hydrogens is 346 g/mol. The molecule has 3 fully saturated rings. The van der Waals surface area contributed by atoms with Crippen molar-refractivity contribution in [3.05, 3.63) is 11.7 Å². The van der Waals surface area contributed by atoms with E-state index < -0.39 is 10.0 Å². The van der Waals surface area contributed by atoms with Crippen LogP contribution in [0, 0.1) is 0 Å². The van der Waals surface area contributed by atoms with E-state index in [4.69, 9.17) is 4.52 Å². The van der Waals surface area contributed by atoms with E-state index >= 15 is 0 Å². The van der Waals surface area contributed by atoms with Gasteiger partial charge in [-0.25, -0.2) is 13.2 Å². The highest BCUT2D eigenvalue weighted by molar-refractivity contribution is 7.89. The molecule has 1 aliphatic carbocycles. The molecule has 2 saturated heterocycles. The van der Waals surface area contributed by atoms with Crippen LogP contribution >= 0.6 is 0 Å². The molecule has 2 amide bonds. The lowest BCUT2D eigenvalue weighted by Gasteiger charge is -2.36. The second kappa shape index (κ2) is 6.56. The van der Waals surface area contributed by atoms with Gasteiger partial charge in [0.05, 0.1) is 12.3 Å². The first kappa shape index (κ1) is 16.8. The topological polar surface area (TPSA) is 109 Å². The monoisotopic (exact) mass is 369 g/mol. The maximum Gasteiger partial charge on any atom is 0.317 e. The van der Waals surface area contributed by atoms with Crippen molar-refractivity contribution < 1.29 is 17.7 Å². The summed E-state index contributed by atoms with van der Waals surface area (Å²) in [7, 11) is -3.15. The maximum atomic E-state index is 12.4. The SMILES string of the molecule is O=C(NCc1noc(C2CC2)n1)N1CCCC(N2CCCS2(=O)=O)C1. The Kier molecular flexibility index (Phi) is 4.40. The summed E-state index contributed by atoms with van der Waals surface area (Å²) in [5.41, 5.74) is 0. The zero-order valence-corrected chi connectivity index (χ0v) is 14.9. The molecule has 4 rings (SSSR count). The van der Waals surface area contributed by atoms with Gasteiger partial charge in [-0.1, -0.05) is 5.16 Å². The van der Waals surface area contributed by atoms with Crippen molar-refractivity contribution in [2.75, 3.05) is 25.4 Å². The van der Waals surface area contributed by atoms with Crippen LogP contribution in [0.15, 0.2) is 4.52 Å². The Morgan fingerprint density at radius 1 is 1.24 bits per heavy atom. The summed E-state index contributed by atoms with van der Waals surface area (Å²) in [6.07, 6.45) is 4.45. The molecule has 25 heavy (non-hydrogen) atoms. The van der Waals surface area contributed by atoms with Gasteiger partial charge in [-0.15, -0.1) is 0 Å². The van der Waals surface area contributed by atoms with Gasteiger partial charge in [-0.2, -0.15) is 9.29 Å². The zero-order valence-electron chi connectivity index (χ0n) is 14.1. The Morgan fingerprint density at radius 2 is 2.08 bits per heavy atom. The first-order valence-electron chi connectivity index (χ1n) is 8.88. The number of likely N-dealkylation sites (tertiary alicyclic amines) is 1. The average Bonchev–Trinajstić information content (AvgIpc) is 3.23. The van der Waals surface area contributed by atoms with Gasteiger partial charge in [-0.05, 0) is 32.1 Å². The number of carbonyl (C=O) groups is 1. The normalized spacial score (nSPS) is 26.7. The third kappa shape index (κ3) is 3.64. The van der Waals surface area contributed by atoms with Gasteiger partial charge in [0.15, 0.2) is 5.82 Å². The van der Waals surface area contributed by atoms with E-state index in [2.05, 4.69) is 15.5 Å². The lowest BCUT2D eigenvalue weighted by atomic mass is 10.1. The summed E-state index contributed by atoms with van der Waals surface area (Å²) < 4.78 is 30.9. The molecule has 2 aliphatic heterocycles. The number of hydrogen-bond acceptors (Lipinski definition) is 6. The molecule has 9 nitrogen and oxygen atoms in total. The molecule has 0 bridgehead atoms. The number of urea groups is 1. The molecule has 1 atom stereocenters. The first-order valence-corrected chi connectivity index (χ1v) is 10.5. The molecule has 1 aromatic heterocycles. The van der Waals surface area contributed by atoms with Crippen molar-refractivity contribution in [3.63, 3.8) is 0 Å². The van der Waals surface area contributed by atoms with Crippen LogP contribution in [0.25, 0.3) is 0 Å². The molecule has 0 radical (unpaired) electrons. The summed E-state index contributed by atoms with van der Waals surface area (Å²) in [5, 5.41) is 6.69. The molecule has 1 unspecified atom stereocenters. The molecule has 138 valence electrons. The smallest absolute Gasteiger partial charge is 0.317 e. The predicted octanol–water partition coefficient (Wildman–Crippen LogP) is 0.656. The summed E-state index contributed by atoms with van der Waals surface area (Å²) in [4.78, 5) is 18.4. The lowest BCUT2D eigenvalue weighted by Crippen LogP contribution is -2.52. The fourth-order valence-electron chi connectivity index (χ4n) is 3.54. The van der Waals surface area contributed by atoms with Crippen LogP contribution in [-0.4, -0.2) is 65.2 Å². The minimum absolute atomic E-state index is 0.112. The molecule has 1 N–H and O–H groups in total. The maximum absolute atomic E-state index is 12.4. The van der Waals surface area contributed by atoms with E-state index in [1.165, 1.54) is 0 Å².